The third-order valence-corrected chi connectivity index (χ3v) is 4.96. The largest absolute Gasteiger partial charge is 0.349 e. The predicted octanol–water partition coefficient (Wildman–Crippen LogP) is 1.14. The van der Waals surface area contributed by atoms with Crippen molar-refractivity contribution in [1.29, 1.82) is 0 Å². The van der Waals surface area contributed by atoms with E-state index in [0.717, 1.165) is 22.7 Å². The SMILES string of the molecule is Cc1ccc(S(=O)(=O)N(C)C)cc1C(=O)NC1CC1. The lowest BCUT2D eigenvalue weighted by Crippen LogP contribution is -2.27. The third-order valence-electron chi connectivity index (χ3n) is 3.14. The Kier molecular flexibility index (Phi) is 3.64. The predicted molar refractivity (Wildman–Crippen MR) is 72.5 cm³/mol. The average Bonchev–Trinajstić information content (AvgIpc) is 3.12. The molecule has 1 aliphatic rings. The zero-order valence-corrected chi connectivity index (χ0v) is 12.1. The van der Waals surface area contributed by atoms with E-state index in [1.165, 1.54) is 26.2 Å². The maximum absolute atomic E-state index is 12.0. The van der Waals surface area contributed by atoms with Crippen LogP contribution in [0.4, 0.5) is 0 Å². The second-order valence-corrected chi connectivity index (χ2v) is 7.16. The summed E-state index contributed by atoms with van der Waals surface area (Å²) >= 11 is 0. The van der Waals surface area contributed by atoms with E-state index >= 15 is 0 Å². The normalized spacial score (nSPS) is 15.6. The second kappa shape index (κ2) is 4.94. The quantitative estimate of drug-likeness (QED) is 0.900. The van der Waals surface area contributed by atoms with Gasteiger partial charge >= 0.3 is 0 Å². The first-order chi connectivity index (χ1) is 8.82. The number of nitrogens with one attached hydrogen (secondary N) is 1. The maximum atomic E-state index is 12.0. The van der Waals surface area contributed by atoms with Crippen molar-refractivity contribution in [3.63, 3.8) is 0 Å². The number of nitrogens with zero attached hydrogens (tertiary/aromatic N) is 1. The molecule has 0 aliphatic heterocycles. The fourth-order valence-electron chi connectivity index (χ4n) is 1.71. The number of carbonyl (C=O) groups excluding carboxylic acids is 1. The zero-order valence-electron chi connectivity index (χ0n) is 11.3. The Bertz CT molecular complexity index is 604. The molecule has 0 unspecified atom stereocenters. The molecule has 1 aromatic rings. The Morgan fingerprint density at radius 3 is 2.47 bits per heavy atom. The third kappa shape index (κ3) is 2.96. The van der Waals surface area contributed by atoms with Gasteiger partial charge in [-0.1, -0.05) is 6.07 Å². The smallest absolute Gasteiger partial charge is 0.251 e. The van der Waals surface area contributed by atoms with Crippen LogP contribution >= 0.6 is 0 Å². The molecule has 1 aliphatic carbocycles. The van der Waals surface area contributed by atoms with Gasteiger partial charge in [0.2, 0.25) is 10.0 Å². The summed E-state index contributed by atoms with van der Waals surface area (Å²) in [5, 5.41) is 2.87. The Hall–Kier alpha value is -1.40. The van der Waals surface area contributed by atoms with E-state index in [4.69, 9.17) is 0 Å². The summed E-state index contributed by atoms with van der Waals surface area (Å²) < 4.78 is 25.2. The minimum atomic E-state index is -3.51. The summed E-state index contributed by atoms with van der Waals surface area (Å²) in [7, 11) is -0.566. The fourth-order valence-corrected chi connectivity index (χ4v) is 2.64. The van der Waals surface area contributed by atoms with Crippen LogP contribution < -0.4 is 5.32 Å². The van der Waals surface area contributed by atoms with Crippen LogP contribution in [0.5, 0.6) is 0 Å². The van der Waals surface area contributed by atoms with Crippen molar-refractivity contribution >= 4 is 15.9 Å². The molecule has 1 fully saturated rings. The monoisotopic (exact) mass is 282 g/mol. The van der Waals surface area contributed by atoms with E-state index in [0.29, 0.717) is 5.56 Å². The molecule has 0 radical (unpaired) electrons. The van der Waals surface area contributed by atoms with Gasteiger partial charge in [0, 0.05) is 25.7 Å². The number of hydrogen-bond donors (Lipinski definition) is 1. The van der Waals surface area contributed by atoms with Crippen molar-refractivity contribution < 1.29 is 13.2 Å². The summed E-state index contributed by atoms with van der Waals surface area (Å²) in [4.78, 5) is 12.2. The lowest BCUT2D eigenvalue weighted by atomic mass is 10.1. The highest BCUT2D eigenvalue weighted by molar-refractivity contribution is 7.89. The first kappa shape index (κ1) is 14.0. The van der Waals surface area contributed by atoms with Crippen LogP contribution in [-0.2, 0) is 10.0 Å². The molecule has 0 bridgehead atoms. The molecular formula is C13H18N2O3S. The molecule has 0 heterocycles. The van der Waals surface area contributed by atoms with Gasteiger partial charge < -0.3 is 5.32 Å². The van der Waals surface area contributed by atoms with E-state index in [2.05, 4.69) is 5.32 Å². The Morgan fingerprint density at radius 1 is 1.32 bits per heavy atom. The molecule has 0 saturated heterocycles. The minimum absolute atomic E-state index is 0.143. The van der Waals surface area contributed by atoms with Gasteiger partial charge in [0.15, 0.2) is 0 Å². The Morgan fingerprint density at radius 2 is 1.95 bits per heavy atom. The topological polar surface area (TPSA) is 66.5 Å². The van der Waals surface area contributed by atoms with Crippen LogP contribution in [-0.4, -0.2) is 38.8 Å². The average molecular weight is 282 g/mol. The molecule has 1 saturated carbocycles. The van der Waals surface area contributed by atoms with Crippen LogP contribution in [0.2, 0.25) is 0 Å². The number of aryl methyl sites for hydroxylation is 1. The van der Waals surface area contributed by atoms with Gasteiger partial charge in [0.05, 0.1) is 4.90 Å². The molecule has 104 valence electrons. The van der Waals surface area contributed by atoms with Crippen LogP contribution in [0.1, 0.15) is 28.8 Å². The van der Waals surface area contributed by atoms with Crippen molar-refractivity contribution in [3.8, 4) is 0 Å². The van der Waals surface area contributed by atoms with E-state index in [-0.39, 0.29) is 16.8 Å². The molecule has 19 heavy (non-hydrogen) atoms. The van der Waals surface area contributed by atoms with Crippen LogP contribution in [0, 0.1) is 6.92 Å². The lowest BCUT2D eigenvalue weighted by Gasteiger charge is -2.13. The highest BCUT2D eigenvalue weighted by atomic mass is 32.2. The van der Waals surface area contributed by atoms with Crippen LogP contribution in [0.25, 0.3) is 0 Å². The number of carbonyl (C=O) groups is 1. The van der Waals surface area contributed by atoms with Crippen LogP contribution in [0.3, 0.4) is 0 Å². The van der Waals surface area contributed by atoms with E-state index < -0.39 is 10.0 Å². The number of amides is 1. The van der Waals surface area contributed by atoms with Gasteiger partial charge in [0.1, 0.15) is 0 Å². The first-order valence-electron chi connectivity index (χ1n) is 6.16. The lowest BCUT2D eigenvalue weighted by molar-refractivity contribution is 0.0950. The summed E-state index contributed by atoms with van der Waals surface area (Å²) in [6.45, 7) is 1.80. The van der Waals surface area contributed by atoms with Gasteiger partial charge in [-0.15, -0.1) is 0 Å². The molecule has 2 rings (SSSR count). The Balaban J connectivity index is 2.36. The molecule has 5 nitrogen and oxygen atoms in total. The standard InChI is InChI=1S/C13H18N2O3S/c1-9-4-7-11(19(17,18)15(2)3)8-12(9)13(16)14-10-5-6-10/h4,7-8,10H,5-6H2,1-3H3,(H,14,16). The van der Waals surface area contributed by atoms with Gasteiger partial charge in [0.25, 0.3) is 5.91 Å². The molecule has 0 atom stereocenters. The van der Waals surface area contributed by atoms with Gasteiger partial charge in [-0.2, -0.15) is 0 Å². The van der Waals surface area contributed by atoms with Gasteiger partial charge in [-0.25, -0.2) is 12.7 Å². The molecular weight excluding hydrogens is 264 g/mol. The molecule has 1 aromatic carbocycles. The molecule has 0 aromatic heterocycles. The summed E-state index contributed by atoms with van der Waals surface area (Å²) in [6.07, 6.45) is 2.00. The van der Waals surface area contributed by atoms with Crippen molar-refractivity contribution in [2.24, 2.45) is 0 Å². The van der Waals surface area contributed by atoms with Gasteiger partial charge in [-0.05, 0) is 37.5 Å². The van der Waals surface area contributed by atoms with Crippen molar-refractivity contribution in [3.05, 3.63) is 29.3 Å². The zero-order chi connectivity index (χ0) is 14.2. The first-order valence-corrected chi connectivity index (χ1v) is 7.60. The summed E-state index contributed by atoms with van der Waals surface area (Å²) in [5.41, 5.74) is 1.20. The molecule has 1 N–H and O–H groups in total. The number of benzene rings is 1. The molecule has 6 heteroatoms. The van der Waals surface area contributed by atoms with E-state index in [1.54, 1.807) is 13.0 Å². The summed E-state index contributed by atoms with van der Waals surface area (Å²) in [5.74, 6) is -0.198. The second-order valence-electron chi connectivity index (χ2n) is 5.01. The maximum Gasteiger partial charge on any atom is 0.251 e. The van der Waals surface area contributed by atoms with E-state index in [9.17, 15) is 13.2 Å². The number of rotatable bonds is 4. The highest BCUT2D eigenvalue weighted by Crippen LogP contribution is 2.22. The number of hydrogen-bond acceptors (Lipinski definition) is 3. The van der Waals surface area contributed by atoms with Crippen molar-refractivity contribution in [1.82, 2.24) is 9.62 Å². The van der Waals surface area contributed by atoms with Gasteiger partial charge in [-0.3, -0.25) is 4.79 Å². The Labute approximate surface area is 113 Å². The fraction of sp³-hybridized carbons (Fsp3) is 0.462. The minimum Gasteiger partial charge on any atom is -0.349 e. The van der Waals surface area contributed by atoms with E-state index in [1.807, 2.05) is 0 Å². The van der Waals surface area contributed by atoms with Crippen molar-refractivity contribution in [2.75, 3.05) is 14.1 Å². The summed E-state index contributed by atoms with van der Waals surface area (Å²) in [6, 6.07) is 4.89. The van der Waals surface area contributed by atoms with Crippen LogP contribution in [0.15, 0.2) is 23.1 Å². The van der Waals surface area contributed by atoms with Crippen molar-refractivity contribution in [2.45, 2.75) is 30.7 Å². The molecule has 0 spiro atoms. The highest BCUT2D eigenvalue weighted by Gasteiger charge is 2.25. The molecule has 1 amide bonds. The number of sulfonamides is 1.